The summed E-state index contributed by atoms with van der Waals surface area (Å²) >= 11 is 0. The first-order chi connectivity index (χ1) is 15.1. The molecule has 9 nitrogen and oxygen atoms in total. The van der Waals surface area contributed by atoms with Crippen LogP contribution in [0.5, 0.6) is 11.5 Å². The first-order valence-corrected chi connectivity index (χ1v) is 9.16. The highest BCUT2D eigenvalue weighted by Crippen LogP contribution is 2.17. The maximum Gasteiger partial charge on any atom is 0.249 e. The van der Waals surface area contributed by atoms with Crippen molar-refractivity contribution in [2.75, 3.05) is 24.9 Å². The highest BCUT2D eigenvalue weighted by atomic mass is 16.6. The number of rotatable bonds is 8. The van der Waals surface area contributed by atoms with Crippen LogP contribution in [-0.4, -0.2) is 36.3 Å². The molecule has 0 saturated heterocycles. The van der Waals surface area contributed by atoms with Gasteiger partial charge in [-0.1, -0.05) is 24.3 Å². The van der Waals surface area contributed by atoms with Crippen LogP contribution in [0.2, 0.25) is 0 Å². The normalized spacial score (nSPS) is 10.9. The largest absolute Gasteiger partial charge is 0.497 e. The second kappa shape index (κ2) is 10.4. The molecule has 0 bridgehead atoms. The van der Waals surface area contributed by atoms with Crippen molar-refractivity contribution < 1.29 is 23.7 Å². The topological polar surface area (TPSA) is 116 Å². The first-order valence-electron chi connectivity index (χ1n) is 9.16. The van der Waals surface area contributed by atoms with Gasteiger partial charge < -0.3 is 20.1 Å². The molecule has 2 aromatic carbocycles. The Hall–Kier alpha value is -4.40. The lowest BCUT2D eigenvalue weighted by Gasteiger charge is -2.01. The third-order valence-corrected chi connectivity index (χ3v) is 4.06. The van der Waals surface area contributed by atoms with Crippen molar-refractivity contribution in [1.82, 2.24) is 10.3 Å². The van der Waals surface area contributed by atoms with Crippen molar-refractivity contribution >= 4 is 35.6 Å². The van der Waals surface area contributed by atoms with Gasteiger partial charge in [-0.05, 0) is 57.9 Å². The highest BCUT2D eigenvalue weighted by Gasteiger charge is 2.13. The van der Waals surface area contributed by atoms with Crippen LogP contribution in [-0.2, 0) is 9.59 Å². The van der Waals surface area contributed by atoms with E-state index in [2.05, 4.69) is 25.6 Å². The second-order valence-electron chi connectivity index (χ2n) is 6.15. The molecule has 0 saturated carbocycles. The average molecular weight is 420 g/mol. The lowest BCUT2D eigenvalue weighted by molar-refractivity contribution is -0.112. The van der Waals surface area contributed by atoms with E-state index in [-0.39, 0.29) is 11.6 Å². The lowest BCUT2D eigenvalue weighted by atomic mass is 10.2. The van der Waals surface area contributed by atoms with Crippen LogP contribution < -0.4 is 20.1 Å². The SMILES string of the molecule is COc1ccc(/C=C/C(=O)Nc2nonc2NC(=O)/C=C/c2ccc(OC)cc2)cc1. The Balaban J connectivity index is 1.56. The Morgan fingerprint density at radius 2 is 1.13 bits per heavy atom. The number of hydrogen-bond donors (Lipinski definition) is 2. The fourth-order valence-corrected chi connectivity index (χ4v) is 2.44. The minimum Gasteiger partial charge on any atom is -0.497 e. The molecule has 0 aliphatic heterocycles. The quantitative estimate of drug-likeness (QED) is 0.537. The van der Waals surface area contributed by atoms with E-state index in [1.807, 2.05) is 0 Å². The molecule has 31 heavy (non-hydrogen) atoms. The van der Waals surface area contributed by atoms with Gasteiger partial charge in [0, 0.05) is 12.2 Å². The molecular formula is C22H20N4O5. The van der Waals surface area contributed by atoms with Gasteiger partial charge in [0.15, 0.2) is 0 Å². The number of carbonyl (C=O) groups excluding carboxylic acids is 2. The fourth-order valence-electron chi connectivity index (χ4n) is 2.44. The van der Waals surface area contributed by atoms with E-state index < -0.39 is 11.8 Å². The van der Waals surface area contributed by atoms with E-state index in [1.165, 1.54) is 12.2 Å². The van der Waals surface area contributed by atoms with Crippen LogP contribution in [0.3, 0.4) is 0 Å². The van der Waals surface area contributed by atoms with Crippen molar-refractivity contribution in [2.24, 2.45) is 0 Å². The van der Waals surface area contributed by atoms with E-state index in [4.69, 9.17) is 9.47 Å². The maximum absolute atomic E-state index is 12.1. The predicted octanol–water partition coefficient (Wildman–Crippen LogP) is 3.39. The molecule has 2 N–H and O–H groups in total. The molecule has 0 atom stereocenters. The van der Waals surface area contributed by atoms with Crippen molar-refractivity contribution in [1.29, 1.82) is 0 Å². The molecule has 0 radical (unpaired) electrons. The molecule has 2 amide bonds. The number of methoxy groups -OCH3 is 2. The smallest absolute Gasteiger partial charge is 0.249 e. The van der Waals surface area contributed by atoms with Crippen molar-refractivity contribution in [3.05, 3.63) is 71.8 Å². The molecule has 1 heterocycles. The predicted molar refractivity (Wildman–Crippen MR) is 116 cm³/mol. The Bertz CT molecular complexity index is 1000. The van der Waals surface area contributed by atoms with Gasteiger partial charge >= 0.3 is 0 Å². The van der Waals surface area contributed by atoms with Gasteiger partial charge in [0.2, 0.25) is 23.5 Å². The number of nitrogens with zero attached hydrogens (tertiary/aromatic N) is 2. The fraction of sp³-hybridized carbons (Fsp3) is 0.0909. The van der Waals surface area contributed by atoms with Gasteiger partial charge in [0.1, 0.15) is 11.5 Å². The Kier molecular flexibility index (Phi) is 7.15. The number of aromatic nitrogens is 2. The number of carbonyl (C=O) groups is 2. The molecule has 0 aliphatic rings. The van der Waals surface area contributed by atoms with Gasteiger partial charge in [-0.25, -0.2) is 4.63 Å². The lowest BCUT2D eigenvalue weighted by Crippen LogP contribution is -2.13. The number of benzene rings is 2. The van der Waals surface area contributed by atoms with Crippen LogP contribution in [0.1, 0.15) is 11.1 Å². The molecule has 0 spiro atoms. The molecule has 0 aliphatic carbocycles. The summed E-state index contributed by atoms with van der Waals surface area (Å²) in [6.45, 7) is 0. The van der Waals surface area contributed by atoms with Crippen LogP contribution in [0.4, 0.5) is 11.6 Å². The van der Waals surface area contributed by atoms with Crippen LogP contribution >= 0.6 is 0 Å². The average Bonchev–Trinajstić information content (AvgIpc) is 3.23. The minimum absolute atomic E-state index is 0.00409. The second-order valence-corrected chi connectivity index (χ2v) is 6.15. The molecule has 0 fully saturated rings. The standard InChI is InChI=1S/C22H20N4O5/c1-29-17-9-3-15(4-10-17)7-13-19(27)23-21-22(26-31-25-21)24-20(28)14-8-16-5-11-18(30-2)12-6-16/h3-14H,1-2H3,(H,23,25,27)(H,24,26,28)/b13-7+,14-8+. The molecule has 3 aromatic rings. The number of amides is 2. The first kappa shape index (κ1) is 21.3. The molecule has 0 unspecified atom stereocenters. The monoisotopic (exact) mass is 420 g/mol. The van der Waals surface area contributed by atoms with Crippen molar-refractivity contribution in [3.63, 3.8) is 0 Å². The molecule has 1 aromatic heterocycles. The van der Waals surface area contributed by atoms with Gasteiger partial charge in [-0.2, -0.15) is 0 Å². The van der Waals surface area contributed by atoms with Crippen LogP contribution in [0.25, 0.3) is 12.2 Å². The third kappa shape index (κ3) is 6.29. The van der Waals surface area contributed by atoms with Gasteiger partial charge in [0.05, 0.1) is 14.2 Å². The third-order valence-electron chi connectivity index (χ3n) is 4.06. The molecular weight excluding hydrogens is 400 g/mol. The van der Waals surface area contributed by atoms with Gasteiger partial charge in [0.25, 0.3) is 0 Å². The van der Waals surface area contributed by atoms with Gasteiger partial charge in [-0.15, -0.1) is 0 Å². The Labute approximate surface area is 178 Å². The van der Waals surface area contributed by atoms with E-state index in [0.29, 0.717) is 0 Å². The maximum atomic E-state index is 12.1. The summed E-state index contributed by atoms with van der Waals surface area (Å²) in [6.07, 6.45) is 5.90. The highest BCUT2D eigenvalue weighted by molar-refractivity contribution is 6.06. The minimum atomic E-state index is -0.462. The molecule has 9 heteroatoms. The van der Waals surface area contributed by atoms with E-state index in [0.717, 1.165) is 22.6 Å². The van der Waals surface area contributed by atoms with E-state index in [1.54, 1.807) is 74.9 Å². The number of hydrogen-bond acceptors (Lipinski definition) is 7. The summed E-state index contributed by atoms with van der Waals surface area (Å²) < 4.78 is 14.8. The van der Waals surface area contributed by atoms with Crippen LogP contribution in [0.15, 0.2) is 65.3 Å². The number of anilines is 2. The van der Waals surface area contributed by atoms with Crippen molar-refractivity contribution in [2.45, 2.75) is 0 Å². The van der Waals surface area contributed by atoms with Crippen molar-refractivity contribution in [3.8, 4) is 11.5 Å². The molecule has 3 rings (SSSR count). The van der Waals surface area contributed by atoms with Crippen LogP contribution in [0, 0.1) is 0 Å². The zero-order valence-electron chi connectivity index (χ0n) is 16.9. The summed E-state index contributed by atoms with van der Waals surface area (Å²) in [4.78, 5) is 24.3. The van der Waals surface area contributed by atoms with E-state index >= 15 is 0 Å². The number of ether oxygens (including phenoxy) is 2. The summed E-state index contributed by atoms with van der Waals surface area (Å²) in [5.74, 6) is 0.506. The summed E-state index contributed by atoms with van der Waals surface area (Å²) in [5.41, 5.74) is 1.62. The Morgan fingerprint density at radius 3 is 1.48 bits per heavy atom. The van der Waals surface area contributed by atoms with Gasteiger partial charge in [-0.3, -0.25) is 9.59 Å². The summed E-state index contributed by atoms with van der Waals surface area (Å²) in [5, 5.41) is 12.2. The zero-order chi connectivity index (χ0) is 22.1. The Morgan fingerprint density at radius 1 is 0.742 bits per heavy atom. The molecule has 158 valence electrons. The zero-order valence-corrected chi connectivity index (χ0v) is 16.9. The summed E-state index contributed by atoms with van der Waals surface area (Å²) in [6, 6.07) is 14.4. The summed E-state index contributed by atoms with van der Waals surface area (Å²) in [7, 11) is 3.16. The number of nitrogens with one attached hydrogen (secondary N) is 2. The van der Waals surface area contributed by atoms with E-state index in [9.17, 15) is 9.59 Å².